The Morgan fingerprint density at radius 1 is 1.16 bits per heavy atom. The molecule has 31 heavy (non-hydrogen) atoms. The number of aliphatic hydroxyl groups is 1. The van der Waals surface area contributed by atoms with E-state index in [1.54, 1.807) is 42.2 Å². The van der Waals surface area contributed by atoms with Crippen molar-refractivity contribution in [1.82, 2.24) is 19.6 Å². The highest BCUT2D eigenvalue weighted by atomic mass is 16.3. The van der Waals surface area contributed by atoms with E-state index in [1.165, 1.54) is 4.68 Å². The molecular weight excluding hydrogens is 390 g/mol. The van der Waals surface area contributed by atoms with Crippen molar-refractivity contribution in [3.8, 4) is 17.4 Å². The average molecular weight is 413 g/mol. The Balaban J connectivity index is 1.91. The van der Waals surface area contributed by atoms with Gasteiger partial charge >= 0.3 is 0 Å². The van der Waals surface area contributed by atoms with Crippen LogP contribution in [0.25, 0.3) is 22.1 Å². The van der Waals surface area contributed by atoms with Crippen LogP contribution in [0.3, 0.4) is 0 Å². The third kappa shape index (κ3) is 3.51. The van der Waals surface area contributed by atoms with E-state index >= 15 is 0 Å². The molecule has 2 aromatic heterocycles. The molecule has 7 heteroatoms. The van der Waals surface area contributed by atoms with Gasteiger partial charge in [0.05, 0.1) is 40.8 Å². The van der Waals surface area contributed by atoms with Gasteiger partial charge in [0.15, 0.2) is 0 Å². The first-order valence-electron chi connectivity index (χ1n) is 9.97. The molecule has 1 N–H and O–H groups in total. The quantitative estimate of drug-likeness (QED) is 0.554. The van der Waals surface area contributed by atoms with Gasteiger partial charge in [0, 0.05) is 17.1 Å². The van der Waals surface area contributed by atoms with Gasteiger partial charge < -0.3 is 5.11 Å². The maximum absolute atomic E-state index is 13.3. The molecule has 7 nitrogen and oxygen atoms in total. The first kappa shape index (κ1) is 20.5. The lowest BCUT2D eigenvalue weighted by Gasteiger charge is -2.19. The summed E-state index contributed by atoms with van der Waals surface area (Å²) in [7, 11) is 0. The summed E-state index contributed by atoms with van der Waals surface area (Å²) in [6.45, 7) is 7.80. The zero-order valence-electron chi connectivity index (χ0n) is 17.9. The van der Waals surface area contributed by atoms with Crippen molar-refractivity contribution in [2.75, 3.05) is 0 Å². The van der Waals surface area contributed by atoms with E-state index in [-0.39, 0.29) is 17.6 Å². The number of aryl methyl sites for hydroxylation is 1. The van der Waals surface area contributed by atoms with Crippen LogP contribution in [0.2, 0.25) is 0 Å². The Morgan fingerprint density at radius 2 is 1.90 bits per heavy atom. The van der Waals surface area contributed by atoms with E-state index in [4.69, 9.17) is 0 Å². The highest BCUT2D eigenvalue weighted by Gasteiger charge is 2.18. The maximum atomic E-state index is 13.3. The molecule has 0 aliphatic rings. The number of fused-ring (bicyclic) bond motifs is 1. The minimum Gasteiger partial charge on any atom is -0.392 e. The maximum Gasteiger partial charge on any atom is 0.279 e. The first-order valence-corrected chi connectivity index (χ1v) is 9.97. The summed E-state index contributed by atoms with van der Waals surface area (Å²) >= 11 is 0. The molecule has 0 amide bonds. The van der Waals surface area contributed by atoms with Gasteiger partial charge in [0.2, 0.25) is 0 Å². The van der Waals surface area contributed by atoms with E-state index in [9.17, 15) is 15.2 Å². The van der Waals surface area contributed by atoms with Crippen LogP contribution in [0.4, 0.5) is 0 Å². The Bertz CT molecular complexity index is 1400. The van der Waals surface area contributed by atoms with E-state index < -0.39 is 0 Å². The first-order chi connectivity index (χ1) is 14.7. The van der Waals surface area contributed by atoms with Crippen molar-refractivity contribution < 1.29 is 5.11 Å². The van der Waals surface area contributed by atoms with Crippen LogP contribution in [-0.2, 0) is 12.0 Å². The van der Waals surface area contributed by atoms with Crippen LogP contribution < -0.4 is 5.56 Å². The highest BCUT2D eigenvalue weighted by Crippen LogP contribution is 2.26. The number of rotatable bonds is 3. The topological polar surface area (TPSA) is 96.7 Å². The van der Waals surface area contributed by atoms with Gasteiger partial charge in [-0.2, -0.15) is 20.1 Å². The van der Waals surface area contributed by atoms with E-state index in [1.807, 2.05) is 18.2 Å². The third-order valence-electron chi connectivity index (χ3n) is 5.43. The lowest BCUT2D eigenvalue weighted by Crippen LogP contribution is -2.23. The van der Waals surface area contributed by atoms with Crippen molar-refractivity contribution in [3.63, 3.8) is 0 Å². The summed E-state index contributed by atoms with van der Waals surface area (Å²) < 4.78 is 2.85. The van der Waals surface area contributed by atoms with Crippen LogP contribution in [0, 0.1) is 18.3 Å². The zero-order valence-corrected chi connectivity index (χ0v) is 17.9. The standard InChI is InChI=1S/C24H23N5O2/c1-15-17(11-25)13-28(27-15)21-6-5-7-22(20(21)14-30)29-23(31)19-9-8-18(24(2,3)4)10-16(19)12-26-29/h5-10,12-13,30H,14H2,1-4H3. The molecule has 0 fully saturated rings. The fraction of sp³-hybridized carbons (Fsp3) is 0.250. The number of benzene rings is 2. The molecule has 0 unspecified atom stereocenters. The van der Waals surface area contributed by atoms with Crippen LogP contribution >= 0.6 is 0 Å². The fourth-order valence-corrected chi connectivity index (χ4v) is 3.62. The number of hydrogen-bond acceptors (Lipinski definition) is 5. The summed E-state index contributed by atoms with van der Waals surface area (Å²) in [6, 6.07) is 13.2. The van der Waals surface area contributed by atoms with Gasteiger partial charge in [0.1, 0.15) is 6.07 Å². The van der Waals surface area contributed by atoms with Gasteiger partial charge in [-0.1, -0.05) is 32.9 Å². The molecule has 0 spiro atoms. The molecule has 2 heterocycles. The molecule has 0 bridgehead atoms. The third-order valence-corrected chi connectivity index (χ3v) is 5.43. The molecule has 0 saturated heterocycles. The number of hydrogen-bond donors (Lipinski definition) is 1. The van der Waals surface area contributed by atoms with Gasteiger partial charge in [-0.05, 0) is 42.2 Å². The minimum atomic E-state index is -0.318. The monoisotopic (exact) mass is 413 g/mol. The smallest absolute Gasteiger partial charge is 0.279 e. The second kappa shape index (κ2) is 7.49. The number of nitrogens with zero attached hydrogens (tertiary/aromatic N) is 5. The predicted molar refractivity (Wildman–Crippen MR) is 119 cm³/mol. The van der Waals surface area contributed by atoms with Gasteiger partial charge in [-0.3, -0.25) is 4.79 Å². The van der Waals surface area contributed by atoms with Crippen molar-refractivity contribution >= 4 is 10.8 Å². The average Bonchev–Trinajstić information content (AvgIpc) is 3.13. The predicted octanol–water partition coefficient (Wildman–Crippen LogP) is 3.54. The molecule has 4 aromatic rings. The molecule has 0 aliphatic heterocycles. The van der Waals surface area contributed by atoms with E-state index in [2.05, 4.69) is 37.0 Å². The van der Waals surface area contributed by atoms with E-state index in [0.717, 1.165) is 10.9 Å². The zero-order chi connectivity index (χ0) is 22.3. The summed E-state index contributed by atoms with van der Waals surface area (Å²) in [4.78, 5) is 13.3. The molecule has 0 radical (unpaired) electrons. The molecule has 2 aromatic carbocycles. The lowest BCUT2D eigenvalue weighted by molar-refractivity contribution is 0.280. The van der Waals surface area contributed by atoms with Crippen molar-refractivity contribution in [1.29, 1.82) is 5.26 Å². The SMILES string of the molecule is Cc1nn(-c2cccc(-n3ncc4cc(C(C)(C)C)ccc4c3=O)c2CO)cc1C#N. The fourth-order valence-electron chi connectivity index (χ4n) is 3.62. The van der Waals surface area contributed by atoms with Crippen molar-refractivity contribution in [2.24, 2.45) is 0 Å². The summed E-state index contributed by atoms with van der Waals surface area (Å²) in [5.74, 6) is 0. The summed E-state index contributed by atoms with van der Waals surface area (Å²) in [5, 5.41) is 29.5. The van der Waals surface area contributed by atoms with E-state index in [0.29, 0.717) is 33.6 Å². The molecule has 0 saturated carbocycles. The second-order valence-electron chi connectivity index (χ2n) is 8.53. The molecule has 4 rings (SSSR count). The number of nitriles is 1. The van der Waals surface area contributed by atoms with Crippen LogP contribution in [0.1, 0.15) is 43.2 Å². The highest BCUT2D eigenvalue weighted by molar-refractivity contribution is 5.82. The molecule has 156 valence electrons. The normalized spacial score (nSPS) is 11.6. The largest absolute Gasteiger partial charge is 0.392 e. The van der Waals surface area contributed by atoms with Crippen molar-refractivity contribution in [3.05, 3.63) is 81.5 Å². The molecule has 0 atom stereocenters. The van der Waals surface area contributed by atoms with Gasteiger partial charge in [0.25, 0.3) is 5.56 Å². The Hall–Kier alpha value is -3.76. The Labute approximate surface area is 179 Å². The van der Waals surface area contributed by atoms with Crippen molar-refractivity contribution in [2.45, 2.75) is 39.7 Å². The number of aromatic nitrogens is 4. The molecular formula is C24H23N5O2. The van der Waals surface area contributed by atoms with Crippen LogP contribution in [0.5, 0.6) is 0 Å². The van der Waals surface area contributed by atoms with Crippen LogP contribution in [0.15, 0.2) is 53.6 Å². The molecule has 0 aliphatic carbocycles. The number of aliphatic hydroxyl groups excluding tert-OH is 1. The Morgan fingerprint density at radius 3 is 2.55 bits per heavy atom. The Kier molecular flexibility index (Phi) is 4.96. The summed E-state index contributed by atoms with van der Waals surface area (Å²) in [6.07, 6.45) is 3.28. The second-order valence-corrected chi connectivity index (χ2v) is 8.53. The van der Waals surface area contributed by atoms with Crippen LogP contribution in [-0.4, -0.2) is 24.7 Å². The lowest BCUT2D eigenvalue weighted by atomic mass is 9.86. The van der Waals surface area contributed by atoms with Gasteiger partial charge in [-0.15, -0.1) is 0 Å². The minimum absolute atomic E-state index is 0.0361. The van der Waals surface area contributed by atoms with Gasteiger partial charge in [-0.25, -0.2) is 4.68 Å². The summed E-state index contributed by atoms with van der Waals surface area (Å²) in [5.41, 5.74) is 3.41.